The third-order valence-electron chi connectivity index (χ3n) is 5.69. The monoisotopic (exact) mass is 356 g/mol. The van der Waals surface area contributed by atoms with E-state index in [4.69, 9.17) is 4.98 Å². The number of aryl methyl sites for hydroxylation is 2. The zero-order chi connectivity index (χ0) is 18.7. The van der Waals surface area contributed by atoms with Gasteiger partial charge in [-0.25, -0.2) is 4.98 Å². The van der Waals surface area contributed by atoms with Crippen LogP contribution in [0, 0.1) is 6.92 Å². The molecule has 0 aliphatic carbocycles. The molecule has 4 heteroatoms. The molecule has 27 heavy (non-hydrogen) atoms. The van der Waals surface area contributed by atoms with Crippen molar-refractivity contribution in [2.75, 3.05) is 0 Å². The van der Waals surface area contributed by atoms with Crippen molar-refractivity contribution in [2.45, 2.75) is 33.4 Å². The summed E-state index contributed by atoms with van der Waals surface area (Å²) < 4.78 is 1.83. The summed E-state index contributed by atoms with van der Waals surface area (Å²) in [5.74, 6) is 0. The Morgan fingerprint density at radius 1 is 1.11 bits per heavy atom. The fraction of sp³-hybridized carbons (Fsp3) is 0.217. The van der Waals surface area contributed by atoms with Crippen molar-refractivity contribution in [2.24, 2.45) is 0 Å². The molecule has 0 spiro atoms. The first-order valence-corrected chi connectivity index (χ1v) is 9.31. The number of aliphatic hydroxyl groups excluding tert-OH is 1. The lowest BCUT2D eigenvalue weighted by molar-refractivity contribution is 0.283. The summed E-state index contributed by atoms with van der Waals surface area (Å²) >= 11 is 0. The fourth-order valence-corrected chi connectivity index (χ4v) is 4.36. The van der Waals surface area contributed by atoms with E-state index in [1.54, 1.807) is 0 Å². The second-order valence-electron chi connectivity index (χ2n) is 7.25. The molecule has 0 amide bonds. The van der Waals surface area contributed by atoms with Gasteiger partial charge in [-0.05, 0) is 54.1 Å². The van der Waals surface area contributed by atoms with Crippen LogP contribution >= 0.6 is 0 Å². The Hall–Kier alpha value is -2.98. The topological polar surface area (TPSA) is 55.1 Å². The van der Waals surface area contributed by atoms with Crippen molar-refractivity contribution in [1.82, 2.24) is 9.55 Å². The van der Waals surface area contributed by atoms with E-state index in [0.717, 1.165) is 39.8 Å². The van der Waals surface area contributed by atoms with Gasteiger partial charge in [0.05, 0.1) is 30.1 Å². The minimum Gasteiger partial charge on any atom is -0.392 e. The first-order chi connectivity index (χ1) is 13.1. The third-order valence-corrected chi connectivity index (χ3v) is 5.69. The van der Waals surface area contributed by atoms with Crippen LogP contribution in [0.3, 0.4) is 0 Å². The van der Waals surface area contributed by atoms with E-state index in [1.807, 2.05) is 28.8 Å². The van der Waals surface area contributed by atoms with Crippen LogP contribution in [-0.2, 0) is 19.6 Å². The number of benzene rings is 2. The second kappa shape index (κ2) is 5.76. The molecule has 1 N–H and O–H groups in total. The van der Waals surface area contributed by atoms with E-state index in [-0.39, 0.29) is 12.2 Å². The quantitative estimate of drug-likeness (QED) is 0.521. The Kier molecular flexibility index (Phi) is 3.46. The van der Waals surface area contributed by atoms with E-state index in [2.05, 4.69) is 32.0 Å². The van der Waals surface area contributed by atoms with Gasteiger partial charge >= 0.3 is 0 Å². The molecule has 2 aromatic heterocycles. The van der Waals surface area contributed by atoms with Gasteiger partial charge in [-0.15, -0.1) is 0 Å². The average Bonchev–Trinajstić information content (AvgIpc) is 3.04. The maximum absolute atomic E-state index is 13.2. The first-order valence-electron chi connectivity index (χ1n) is 9.31. The molecule has 0 saturated carbocycles. The van der Waals surface area contributed by atoms with Gasteiger partial charge in [-0.3, -0.25) is 4.79 Å². The van der Waals surface area contributed by atoms with Crippen LogP contribution in [0.15, 0.2) is 47.3 Å². The van der Waals surface area contributed by atoms with E-state index in [0.29, 0.717) is 11.9 Å². The van der Waals surface area contributed by atoms with Crippen molar-refractivity contribution in [1.29, 1.82) is 0 Å². The van der Waals surface area contributed by atoms with E-state index >= 15 is 0 Å². The summed E-state index contributed by atoms with van der Waals surface area (Å²) in [7, 11) is 0. The molecule has 1 aliphatic heterocycles. The van der Waals surface area contributed by atoms with Gasteiger partial charge in [-0.1, -0.05) is 30.7 Å². The predicted octanol–water partition coefficient (Wildman–Crippen LogP) is 3.94. The molecule has 0 atom stereocenters. The zero-order valence-electron chi connectivity index (χ0n) is 15.4. The first kappa shape index (κ1) is 16.2. The highest BCUT2D eigenvalue weighted by molar-refractivity contribution is 5.92. The highest BCUT2D eigenvalue weighted by atomic mass is 16.3. The molecule has 0 bridgehead atoms. The Morgan fingerprint density at radius 2 is 1.96 bits per heavy atom. The van der Waals surface area contributed by atoms with Crippen molar-refractivity contribution in [3.63, 3.8) is 0 Å². The lowest BCUT2D eigenvalue weighted by atomic mass is 9.97. The minimum absolute atomic E-state index is 0.0157. The van der Waals surface area contributed by atoms with Gasteiger partial charge < -0.3 is 9.67 Å². The number of hydrogen-bond acceptors (Lipinski definition) is 3. The molecule has 3 heterocycles. The molecule has 2 aromatic carbocycles. The lowest BCUT2D eigenvalue weighted by Gasteiger charge is -2.11. The zero-order valence-corrected chi connectivity index (χ0v) is 15.4. The van der Waals surface area contributed by atoms with Gasteiger partial charge in [0.25, 0.3) is 5.56 Å². The number of pyridine rings is 2. The molecule has 0 saturated heterocycles. The normalized spacial score (nSPS) is 12.6. The molecule has 134 valence electrons. The molecular formula is C23H20N2O2. The highest BCUT2D eigenvalue weighted by Crippen LogP contribution is 2.37. The van der Waals surface area contributed by atoms with Crippen LogP contribution in [0.4, 0.5) is 0 Å². The third kappa shape index (κ3) is 2.20. The van der Waals surface area contributed by atoms with Crippen LogP contribution in [0.25, 0.3) is 33.1 Å². The van der Waals surface area contributed by atoms with E-state index < -0.39 is 0 Å². The minimum atomic E-state index is -0.0856. The second-order valence-corrected chi connectivity index (χ2v) is 7.25. The molecule has 0 fully saturated rings. The van der Waals surface area contributed by atoms with Crippen molar-refractivity contribution in [3.05, 3.63) is 75.1 Å². The maximum Gasteiger partial charge on any atom is 0.259 e. The summed E-state index contributed by atoms with van der Waals surface area (Å²) in [4.78, 5) is 18.1. The van der Waals surface area contributed by atoms with Gasteiger partial charge in [0.1, 0.15) is 0 Å². The lowest BCUT2D eigenvalue weighted by Crippen LogP contribution is -2.19. The van der Waals surface area contributed by atoms with Crippen molar-refractivity contribution in [3.8, 4) is 11.4 Å². The molecule has 0 unspecified atom stereocenters. The van der Waals surface area contributed by atoms with Crippen molar-refractivity contribution >= 4 is 21.7 Å². The van der Waals surface area contributed by atoms with Gasteiger partial charge in [0.15, 0.2) is 0 Å². The Balaban J connectivity index is 1.90. The Bertz CT molecular complexity index is 1300. The molecule has 5 rings (SSSR count). The van der Waals surface area contributed by atoms with Crippen LogP contribution in [0.2, 0.25) is 0 Å². The Morgan fingerprint density at radius 3 is 2.74 bits per heavy atom. The maximum atomic E-state index is 13.2. The largest absolute Gasteiger partial charge is 0.392 e. The number of aromatic nitrogens is 2. The number of fused-ring (bicyclic) bond motifs is 5. The van der Waals surface area contributed by atoms with Gasteiger partial charge in [-0.2, -0.15) is 0 Å². The molecule has 1 aliphatic rings. The summed E-state index contributed by atoms with van der Waals surface area (Å²) in [6.07, 6.45) is 0.898. The van der Waals surface area contributed by atoms with E-state index in [9.17, 15) is 9.90 Å². The molecule has 4 aromatic rings. The Labute approximate surface area is 156 Å². The van der Waals surface area contributed by atoms with Crippen LogP contribution in [0.5, 0.6) is 0 Å². The predicted molar refractivity (Wildman–Crippen MR) is 108 cm³/mol. The number of aliphatic hydroxyl groups is 1. The molecular weight excluding hydrogens is 336 g/mol. The van der Waals surface area contributed by atoms with E-state index in [1.165, 1.54) is 16.5 Å². The van der Waals surface area contributed by atoms with Crippen molar-refractivity contribution < 1.29 is 5.11 Å². The summed E-state index contributed by atoms with van der Waals surface area (Å²) in [6, 6.07) is 13.9. The molecule has 0 radical (unpaired) electrons. The number of rotatable bonds is 2. The SMILES string of the molecule is CCc1c2c(nc3ccc(C)cc13)-c1cc3c(CO)cccc3c(=O)n1C2. The standard InChI is InChI=1S/C23H20N2O2/c1-3-15-18-9-13(2)7-8-20(18)24-22-19(15)11-25-21(22)10-17-14(12-26)5-4-6-16(17)23(25)27/h4-10,26H,3,11-12H2,1-2H3. The van der Waals surface area contributed by atoms with Crippen LogP contribution < -0.4 is 5.56 Å². The number of nitrogens with zero attached hydrogens (tertiary/aromatic N) is 2. The highest BCUT2D eigenvalue weighted by Gasteiger charge is 2.26. The summed E-state index contributed by atoms with van der Waals surface area (Å²) in [5, 5.41) is 12.3. The van der Waals surface area contributed by atoms with Gasteiger partial charge in [0, 0.05) is 16.3 Å². The fourth-order valence-electron chi connectivity index (χ4n) is 4.36. The smallest absolute Gasteiger partial charge is 0.259 e. The van der Waals surface area contributed by atoms with Crippen LogP contribution in [0.1, 0.15) is 29.2 Å². The average molecular weight is 356 g/mol. The molecule has 4 nitrogen and oxygen atoms in total. The summed E-state index contributed by atoms with van der Waals surface area (Å²) in [5.41, 5.74) is 7.10. The van der Waals surface area contributed by atoms with Crippen LogP contribution in [-0.4, -0.2) is 14.7 Å². The number of hydrogen-bond donors (Lipinski definition) is 1. The summed E-state index contributed by atoms with van der Waals surface area (Å²) in [6.45, 7) is 4.72. The van der Waals surface area contributed by atoms with Gasteiger partial charge in [0.2, 0.25) is 0 Å².